The molecule has 1 aromatic rings. The molecule has 0 unspecified atom stereocenters. The molecule has 0 bridgehead atoms. The van der Waals surface area contributed by atoms with Crippen LogP contribution in [-0.4, -0.2) is 60.9 Å². The van der Waals surface area contributed by atoms with Crippen molar-refractivity contribution in [3.8, 4) is 0 Å². The summed E-state index contributed by atoms with van der Waals surface area (Å²) in [5.74, 6) is 0.120. The standard InChI is InChI=1S/C19H27N3O2/c1-19(18(24)20(2)3)11-6-12-22(19)17(23)10-14-21-13-9-15-7-4-5-8-16(15)21/h4-5,7-8H,6,9-14H2,1-3H3/t19-/m1/s1. The van der Waals surface area contributed by atoms with Gasteiger partial charge >= 0.3 is 0 Å². The van der Waals surface area contributed by atoms with E-state index in [0.29, 0.717) is 13.0 Å². The number of para-hydroxylation sites is 1. The average Bonchev–Trinajstić information content (AvgIpc) is 3.16. The van der Waals surface area contributed by atoms with Crippen LogP contribution in [0.3, 0.4) is 0 Å². The van der Waals surface area contributed by atoms with Gasteiger partial charge < -0.3 is 14.7 Å². The highest BCUT2D eigenvalue weighted by Gasteiger charge is 2.46. The van der Waals surface area contributed by atoms with Crippen molar-refractivity contribution in [3.05, 3.63) is 29.8 Å². The number of carbonyl (C=O) groups is 2. The number of anilines is 1. The summed E-state index contributed by atoms with van der Waals surface area (Å²) >= 11 is 0. The van der Waals surface area contributed by atoms with Crippen molar-refractivity contribution in [1.82, 2.24) is 9.80 Å². The number of likely N-dealkylation sites (N-methyl/N-ethyl adjacent to an activating group) is 1. The first-order valence-corrected chi connectivity index (χ1v) is 8.78. The molecule has 2 heterocycles. The lowest BCUT2D eigenvalue weighted by atomic mass is 9.97. The molecule has 5 heteroatoms. The zero-order chi connectivity index (χ0) is 17.3. The van der Waals surface area contributed by atoms with Crippen molar-refractivity contribution in [2.45, 2.75) is 38.1 Å². The highest BCUT2D eigenvalue weighted by Crippen LogP contribution is 2.32. The normalized spacial score (nSPS) is 22.6. The first-order valence-electron chi connectivity index (χ1n) is 8.78. The summed E-state index contributed by atoms with van der Waals surface area (Å²) < 4.78 is 0. The summed E-state index contributed by atoms with van der Waals surface area (Å²) in [5, 5.41) is 0. The molecule has 24 heavy (non-hydrogen) atoms. The second-order valence-electron chi connectivity index (χ2n) is 7.24. The van der Waals surface area contributed by atoms with E-state index >= 15 is 0 Å². The smallest absolute Gasteiger partial charge is 0.247 e. The molecule has 0 radical (unpaired) electrons. The molecule has 0 aromatic heterocycles. The number of hydrogen-bond donors (Lipinski definition) is 0. The molecule has 0 spiro atoms. The number of hydrogen-bond acceptors (Lipinski definition) is 3. The van der Waals surface area contributed by atoms with Crippen molar-refractivity contribution in [1.29, 1.82) is 0 Å². The Hall–Kier alpha value is -2.04. The van der Waals surface area contributed by atoms with Crippen molar-refractivity contribution < 1.29 is 9.59 Å². The Kier molecular flexibility index (Phi) is 4.52. The largest absolute Gasteiger partial charge is 0.370 e. The number of carbonyl (C=O) groups excluding carboxylic acids is 2. The Morgan fingerprint density at radius 1 is 1.21 bits per heavy atom. The van der Waals surface area contributed by atoms with Gasteiger partial charge in [-0.1, -0.05) is 18.2 Å². The van der Waals surface area contributed by atoms with E-state index in [1.165, 1.54) is 11.3 Å². The second kappa shape index (κ2) is 6.46. The maximum Gasteiger partial charge on any atom is 0.247 e. The third-order valence-electron chi connectivity index (χ3n) is 5.39. The maximum atomic E-state index is 12.8. The molecule has 3 rings (SSSR count). The zero-order valence-electron chi connectivity index (χ0n) is 14.9. The van der Waals surface area contributed by atoms with Gasteiger partial charge in [0.25, 0.3) is 0 Å². The van der Waals surface area contributed by atoms with Crippen molar-refractivity contribution >= 4 is 17.5 Å². The lowest BCUT2D eigenvalue weighted by Gasteiger charge is -2.36. The van der Waals surface area contributed by atoms with Gasteiger partial charge in [-0.3, -0.25) is 9.59 Å². The molecule has 130 valence electrons. The van der Waals surface area contributed by atoms with Crippen LogP contribution < -0.4 is 4.90 Å². The number of fused-ring (bicyclic) bond motifs is 1. The third kappa shape index (κ3) is 2.87. The summed E-state index contributed by atoms with van der Waals surface area (Å²) in [5.41, 5.74) is 1.93. The van der Waals surface area contributed by atoms with E-state index in [2.05, 4.69) is 23.1 Å². The van der Waals surface area contributed by atoms with Gasteiger partial charge in [0.05, 0.1) is 0 Å². The van der Waals surface area contributed by atoms with Gasteiger partial charge in [-0.15, -0.1) is 0 Å². The van der Waals surface area contributed by atoms with Gasteiger partial charge in [0.15, 0.2) is 0 Å². The Morgan fingerprint density at radius 3 is 2.71 bits per heavy atom. The molecule has 2 amide bonds. The SMILES string of the molecule is CN(C)C(=O)[C@@]1(C)CCCN1C(=O)CCN1CCc2ccccc21. The Morgan fingerprint density at radius 2 is 1.96 bits per heavy atom. The molecule has 1 saturated heterocycles. The van der Waals surface area contributed by atoms with Crippen LogP contribution in [-0.2, 0) is 16.0 Å². The predicted molar refractivity (Wildman–Crippen MR) is 95.0 cm³/mol. The molecule has 0 aliphatic carbocycles. The highest BCUT2D eigenvalue weighted by atomic mass is 16.2. The lowest BCUT2D eigenvalue weighted by molar-refractivity contribution is -0.148. The molecular formula is C19H27N3O2. The molecule has 1 aromatic carbocycles. The van der Waals surface area contributed by atoms with Crippen LogP contribution in [0.4, 0.5) is 5.69 Å². The minimum Gasteiger partial charge on any atom is -0.370 e. The van der Waals surface area contributed by atoms with Crippen LogP contribution in [0, 0.1) is 0 Å². The van der Waals surface area contributed by atoms with Crippen molar-refractivity contribution in [3.63, 3.8) is 0 Å². The zero-order valence-corrected chi connectivity index (χ0v) is 14.9. The van der Waals surface area contributed by atoms with Crippen LogP contribution in [0.25, 0.3) is 0 Å². The maximum absolute atomic E-state index is 12.8. The van der Waals surface area contributed by atoms with E-state index < -0.39 is 5.54 Å². The van der Waals surface area contributed by atoms with Crippen LogP contribution >= 0.6 is 0 Å². The van der Waals surface area contributed by atoms with E-state index in [0.717, 1.165) is 32.4 Å². The van der Waals surface area contributed by atoms with Crippen LogP contribution in [0.2, 0.25) is 0 Å². The van der Waals surface area contributed by atoms with Crippen LogP contribution in [0.1, 0.15) is 31.7 Å². The highest BCUT2D eigenvalue weighted by molar-refractivity contribution is 5.91. The number of amides is 2. The molecular weight excluding hydrogens is 302 g/mol. The second-order valence-corrected chi connectivity index (χ2v) is 7.24. The fourth-order valence-electron chi connectivity index (χ4n) is 4.07. The Labute approximate surface area is 144 Å². The van der Waals surface area contributed by atoms with Gasteiger partial charge in [0, 0.05) is 45.8 Å². The van der Waals surface area contributed by atoms with Gasteiger partial charge in [0.1, 0.15) is 5.54 Å². The molecule has 1 fully saturated rings. The molecule has 0 N–H and O–H groups in total. The number of likely N-dealkylation sites (tertiary alicyclic amines) is 1. The first-order chi connectivity index (χ1) is 11.4. The van der Waals surface area contributed by atoms with Gasteiger partial charge in [-0.2, -0.15) is 0 Å². The molecule has 1 atom stereocenters. The molecule has 5 nitrogen and oxygen atoms in total. The van der Waals surface area contributed by atoms with Crippen molar-refractivity contribution in [2.75, 3.05) is 38.6 Å². The van der Waals surface area contributed by atoms with Crippen molar-refractivity contribution in [2.24, 2.45) is 0 Å². The summed E-state index contributed by atoms with van der Waals surface area (Å²) in [4.78, 5) is 31.0. The van der Waals surface area contributed by atoms with E-state index in [-0.39, 0.29) is 11.8 Å². The Balaban J connectivity index is 1.64. The topological polar surface area (TPSA) is 43.9 Å². The third-order valence-corrected chi connectivity index (χ3v) is 5.39. The number of nitrogens with zero attached hydrogens (tertiary/aromatic N) is 3. The minimum absolute atomic E-state index is 0.0277. The van der Waals surface area contributed by atoms with E-state index in [9.17, 15) is 9.59 Å². The van der Waals surface area contributed by atoms with Gasteiger partial charge in [-0.25, -0.2) is 0 Å². The summed E-state index contributed by atoms with van der Waals surface area (Å²) in [7, 11) is 3.52. The van der Waals surface area contributed by atoms with Gasteiger partial charge in [-0.05, 0) is 37.8 Å². The van der Waals surface area contributed by atoms with E-state index in [1.807, 2.05) is 13.0 Å². The molecule has 2 aliphatic rings. The van der Waals surface area contributed by atoms with Crippen LogP contribution in [0.5, 0.6) is 0 Å². The summed E-state index contributed by atoms with van der Waals surface area (Å²) in [6.45, 7) is 4.29. The molecule has 2 aliphatic heterocycles. The monoisotopic (exact) mass is 329 g/mol. The average molecular weight is 329 g/mol. The van der Waals surface area contributed by atoms with Crippen LogP contribution in [0.15, 0.2) is 24.3 Å². The van der Waals surface area contributed by atoms with E-state index in [4.69, 9.17) is 0 Å². The van der Waals surface area contributed by atoms with E-state index in [1.54, 1.807) is 23.9 Å². The fraction of sp³-hybridized carbons (Fsp3) is 0.579. The minimum atomic E-state index is -0.677. The quantitative estimate of drug-likeness (QED) is 0.847. The number of benzene rings is 1. The lowest BCUT2D eigenvalue weighted by Crippen LogP contribution is -2.55. The summed E-state index contributed by atoms with van der Waals surface area (Å²) in [6, 6.07) is 8.40. The fourth-order valence-corrected chi connectivity index (χ4v) is 4.07. The Bertz CT molecular complexity index is 643. The molecule has 0 saturated carbocycles. The predicted octanol–water partition coefficient (Wildman–Crippen LogP) is 1.91. The first kappa shape index (κ1) is 16.8. The summed E-state index contributed by atoms with van der Waals surface area (Å²) in [6.07, 6.45) is 3.16. The van der Waals surface area contributed by atoms with Gasteiger partial charge in [0.2, 0.25) is 11.8 Å². The number of rotatable bonds is 4.